The maximum atomic E-state index is 12.0. The molecule has 0 aliphatic carbocycles. The van der Waals surface area contributed by atoms with Gasteiger partial charge in [0.15, 0.2) is 3.77 Å². The van der Waals surface area contributed by atoms with E-state index in [1.165, 1.54) is 11.6 Å². The lowest BCUT2D eigenvalue weighted by Crippen LogP contribution is -2.24. The van der Waals surface area contributed by atoms with Crippen molar-refractivity contribution in [3.05, 3.63) is 63.1 Å². The SMILES string of the molecule is Cc1ccccc1CN(C)C(=O)/C=C/c1ccc(I)o1. The second kappa shape index (κ2) is 6.74. The van der Waals surface area contributed by atoms with E-state index in [-0.39, 0.29) is 5.91 Å². The molecule has 0 aliphatic rings. The standard InChI is InChI=1S/C16H16INO2/c1-12-5-3-4-6-13(12)11-18(2)16(19)10-8-14-7-9-15(17)20-14/h3-10H,11H2,1-2H3/b10-8+. The Labute approximate surface area is 132 Å². The minimum atomic E-state index is -0.0420. The fourth-order valence-corrected chi connectivity index (χ4v) is 2.25. The molecule has 0 radical (unpaired) electrons. The molecule has 20 heavy (non-hydrogen) atoms. The van der Waals surface area contributed by atoms with Gasteiger partial charge in [0, 0.05) is 19.7 Å². The third-order valence-electron chi connectivity index (χ3n) is 3.03. The second-order valence-electron chi connectivity index (χ2n) is 4.60. The van der Waals surface area contributed by atoms with Crippen molar-refractivity contribution in [3.63, 3.8) is 0 Å². The van der Waals surface area contributed by atoms with Crippen LogP contribution in [0.4, 0.5) is 0 Å². The summed E-state index contributed by atoms with van der Waals surface area (Å²) in [5, 5.41) is 0. The zero-order chi connectivity index (χ0) is 14.5. The average Bonchev–Trinajstić information content (AvgIpc) is 2.84. The fourth-order valence-electron chi connectivity index (χ4n) is 1.82. The molecular weight excluding hydrogens is 365 g/mol. The van der Waals surface area contributed by atoms with E-state index in [4.69, 9.17) is 4.42 Å². The number of nitrogens with zero attached hydrogens (tertiary/aromatic N) is 1. The van der Waals surface area contributed by atoms with E-state index in [1.54, 1.807) is 18.0 Å². The van der Waals surface area contributed by atoms with Gasteiger partial charge in [-0.05, 0) is 58.9 Å². The Morgan fingerprint density at radius 2 is 2.05 bits per heavy atom. The number of halogens is 1. The topological polar surface area (TPSA) is 33.5 Å². The van der Waals surface area contributed by atoms with Gasteiger partial charge in [-0.15, -0.1) is 0 Å². The summed E-state index contributed by atoms with van der Waals surface area (Å²) in [5.74, 6) is 0.645. The van der Waals surface area contributed by atoms with Gasteiger partial charge in [-0.25, -0.2) is 0 Å². The molecular formula is C16H16INO2. The van der Waals surface area contributed by atoms with Crippen LogP contribution in [-0.4, -0.2) is 17.9 Å². The number of likely N-dealkylation sites (N-methyl/N-ethyl adjacent to an activating group) is 1. The number of amides is 1. The van der Waals surface area contributed by atoms with Gasteiger partial charge >= 0.3 is 0 Å². The van der Waals surface area contributed by atoms with Crippen molar-refractivity contribution in [2.24, 2.45) is 0 Å². The van der Waals surface area contributed by atoms with Crippen LogP contribution in [0.15, 0.2) is 46.9 Å². The van der Waals surface area contributed by atoms with Crippen LogP contribution in [-0.2, 0) is 11.3 Å². The summed E-state index contributed by atoms with van der Waals surface area (Å²) in [6.45, 7) is 2.65. The van der Waals surface area contributed by atoms with E-state index in [0.717, 1.165) is 9.33 Å². The van der Waals surface area contributed by atoms with Gasteiger partial charge in [0.1, 0.15) is 5.76 Å². The van der Waals surface area contributed by atoms with Crippen LogP contribution in [0.3, 0.4) is 0 Å². The molecule has 2 rings (SSSR count). The maximum Gasteiger partial charge on any atom is 0.246 e. The smallest absolute Gasteiger partial charge is 0.246 e. The summed E-state index contributed by atoms with van der Waals surface area (Å²) in [6.07, 6.45) is 3.23. The van der Waals surface area contributed by atoms with Gasteiger partial charge in [0.25, 0.3) is 0 Å². The number of hydrogen-bond donors (Lipinski definition) is 0. The largest absolute Gasteiger partial charge is 0.451 e. The highest BCUT2D eigenvalue weighted by atomic mass is 127. The normalized spacial score (nSPS) is 10.9. The third-order valence-corrected chi connectivity index (χ3v) is 3.61. The first-order chi connectivity index (χ1) is 9.56. The Bertz CT molecular complexity index is 631. The van der Waals surface area contributed by atoms with Crippen molar-refractivity contribution in [2.45, 2.75) is 13.5 Å². The van der Waals surface area contributed by atoms with Crippen molar-refractivity contribution in [3.8, 4) is 0 Å². The number of carbonyl (C=O) groups excluding carboxylic acids is 1. The van der Waals surface area contributed by atoms with Gasteiger partial charge in [0.2, 0.25) is 5.91 Å². The van der Waals surface area contributed by atoms with Gasteiger partial charge < -0.3 is 9.32 Å². The molecule has 0 N–H and O–H groups in total. The van der Waals surface area contributed by atoms with Crippen LogP contribution in [0, 0.1) is 10.7 Å². The third kappa shape index (κ3) is 3.96. The van der Waals surface area contributed by atoms with Crippen molar-refractivity contribution >= 4 is 34.6 Å². The summed E-state index contributed by atoms with van der Waals surface area (Å²) < 4.78 is 6.19. The molecule has 104 valence electrons. The molecule has 0 aliphatic heterocycles. The molecule has 1 aromatic carbocycles. The predicted molar refractivity (Wildman–Crippen MR) is 88.1 cm³/mol. The quantitative estimate of drug-likeness (QED) is 0.595. The Hall–Kier alpha value is -1.56. The summed E-state index contributed by atoms with van der Waals surface area (Å²) in [7, 11) is 1.80. The van der Waals surface area contributed by atoms with Gasteiger partial charge in [0.05, 0.1) is 0 Å². The molecule has 1 amide bonds. The van der Waals surface area contributed by atoms with E-state index >= 15 is 0 Å². The molecule has 0 fully saturated rings. The lowest BCUT2D eigenvalue weighted by molar-refractivity contribution is -0.125. The molecule has 1 heterocycles. The number of furan rings is 1. The van der Waals surface area contributed by atoms with Crippen molar-refractivity contribution in [2.75, 3.05) is 7.05 Å². The van der Waals surface area contributed by atoms with Crippen LogP contribution in [0.2, 0.25) is 0 Å². The number of aryl methyl sites for hydroxylation is 1. The minimum absolute atomic E-state index is 0.0420. The van der Waals surface area contributed by atoms with Gasteiger partial charge in [-0.3, -0.25) is 4.79 Å². The van der Waals surface area contributed by atoms with Gasteiger partial charge in [-0.1, -0.05) is 24.3 Å². The van der Waals surface area contributed by atoms with Crippen LogP contribution in [0.25, 0.3) is 6.08 Å². The molecule has 0 unspecified atom stereocenters. The Morgan fingerprint density at radius 1 is 1.30 bits per heavy atom. The predicted octanol–water partition coefficient (Wildman–Crippen LogP) is 3.86. The van der Waals surface area contributed by atoms with Crippen molar-refractivity contribution < 1.29 is 9.21 Å². The lowest BCUT2D eigenvalue weighted by atomic mass is 10.1. The number of hydrogen-bond acceptors (Lipinski definition) is 2. The molecule has 0 saturated carbocycles. The summed E-state index contributed by atoms with van der Waals surface area (Å²) in [4.78, 5) is 13.7. The zero-order valence-corrected chi connectivity index (χ0v) is 13.6. The minimum Gasteiger partial charge on any atom is -0.451 e. The van der Waals surface area contributed by atoms with E-state index in [1.807, 2.05) is 43.3 Å². The number of carbonyl (C=O) groups is 1. The fraction of sp³-hybridized carbons (Fsp3) is 0.188. The first-order valence-electron chi connectivity index (χ1n) is 6.29. The van der Waals surface area contributed by atoms with Crippen LogP contribution < -0.4 is 0 Å². The Kier molecular flexibility index (Phi) is 5.00. The molecule has 1 aromatic heterocycles. The average molecular weight is 381 g/mol. The maximum absolute atomic E-state index is 12.0. The number of benzene rings is 1. The van der Waals surface area contributed by atoms with Crippen LogP contribution in [0.5, 0.6) is 0 Å². The summed E-state index contributed by atoms with van der Waals surface area (Å²) >= 11 is 2.09. The molecule has 4 heteroatoms. The molecule has 0 atom stereocenters. The molecule has 2 aromatic rings. The van der Waals surface area contributed by atoms with Gasteiger partial charge in [-0.2, -0.15) is 0 Å². The highest BCUT2D eigenvalue weighted by Crippen LogP contribution is 2.12. The lowest BCUT2D eigenvalue weighted by Gasteiger charge is -2.16. The monoisotopic (exact) mass is 381 g/mol. The molecule has 3 nitrogen and oxygen atoms in total. The summed E-state index contributed by atoms with van der Waals surface area (Å²) in [5.41, 5.74) is 2.35. The van der Waals surface area contributed by atoms with Crippen LogP contribution in [0.1, 0.15) is 16.9 Å². The number of rotatable bonds is 4. The van der Waals surface area contributed by atoms with E-state index in [0.29, 0.717) is 12.3 Å². The highest BCUT2D eigenvalue weighted by molar-refractivity contribution is 14.1. The molecule has 0 bridgehead atoms. The van der Waals surface area contributed by atoms with E-state index in [2.05, 4.69) is 22.6 Å². The van der Waals surface area contributed by atoms with Crippen molar-refractivity contribution in [1.29, 1.82) is 0 Å². The van der Waals surface area contributed by atoms with E-state index < -0.39 is 0 Å². The Balaban J connectivity index is 1.99. The second-order valence-corrected chi connectivity index (χ2v) is 5.66. The van der Waals surface area contributed by atoms with Crippen LogP contribution >= 0.6 is 22.6 Å². The zero-order valence-electron chi connectivity index (χ0n) is 11.5. The first-order valence-corrected chi connectivity index (χ1v) is 7.37. The van der Waals surface area contributed by atoms with E-state index in [9.17, 15) is 4.79 Å². The Morgan fingerprint density at radius 3 is 2.70 bits per heavy atom. The highest BCUT2D eigenvalue weighted by Gasteiger charge is 2.07. The summed E-state index contributed by atoms with van der Waals surface area (Å²) in [6, 6.07) is 11.8. The first kappa shape index (κ1) is 14.8. The molecule has 0 spiro atoms. The molecule has 0 saturated heterocycles. The van der Waals surface area contributed by atoms with Crippen molar-refractivity contribution in [1.82, 2.24) is 4.90 Å².